The first-order valence-corrected chi connectivity index (χ1v) is 10.7. The average Bonchev–Trinajstić information content (AvgIpc) is 3.28. The van der Waals surface area contributed by atoms with E-state index in [9.17, 15) is 0 Å². The Labute approximate surface area is 171 Å². The minimum atomic E-state index is 0.751. The van der Waals surface area contributed by atoms with Gasteiger partial charge in [0.2, 0.25) is 0 Å². The van der Waals surface area contributed by atoms with Crippen molar-refractivity contribution >= 4 is 39.0 Å². The molecule has 144 valence electrons. The summed E-state index contributed by atoms with van der Waals surface area (Å²) in [7, 11) is 3.71. The summed E-state index contributed by atoms with van der Waals surface area (Å²) in [6.07, 6.45) is 8.25. The average molecular weight is 412 g/mol. The lowest BCUT2D eigenvalue weighted by atomic mass is 10.1. The van der Waals surface area contributed by atoms with E-state index in [0.29, 0.717) is 0 Å². The molecule has 0 aliphatic heterocycles. The van der Waals surface area contributed by atoms with Crippen molar-refractivity contribution in [2.75, 3.05) is 25.2 Å². The molecule has 0 radical (unpaired) electrons. The van der Waals surface area contributed by atoms with Gasteiger partial charge in [-0.2, -0.15) is 0 Å². The maximum absolute atomic E-state index is 6.58. The van der Waals surface area contributed by atoms with Crippen molar-refractivity contribution in [3.63, 3.8) is 0 Å². The summed E-state index contributed by atoms with van der Waals surface area (Å²) in [5.74, 6) is 0.960. The molecule has 2 N–H and O–H groups in total. The Kier molecular flexibility index (Phi) is 5.61. The fourth-order valence-electron chi connectivity index (χ4n) is 3.06. The van der Waals surface area contributed by atoms with Crippen LogP contribution < -0.4 is 5.73 Å². The van der Waals surface area contributed by atoms with E-state index in [1.807, 2.05) is 36.1 Å². The van der Waals surface area contributed by atoms with Gasteiger partial charge in [-0.1, -0.05) is 0 Å². The van der Waals surface area contributed by atoms with E-state index in [4.69, 9.17) is 15.5 Å². The Morgan fingerprint density at radius 1 is 1.29 bits per heavy atom. The summed E-state index contributed by atoms with van der Waals surface area (Å²) in [5.41, 5.74) is 11.3. The van der Waals surface area contributed by atoms with Crippen LogP contribution in [0.15, 0.2) is 47.3 Å². The maximum atomic E-state index is 6.58. The zero-order valence-corrected chi connectivity index (χ0v) is 17.4. The third-order valence-electron chi connectivity index (χ3n) is 4.44. The highest BCUT2D eigenvalue weighted by Crippen LogP contribution is 2.45. The molecule has 6 nitrogen and oxygen atoms in total. The zero-order chi connectivity index (χ0) is 19.5. The van der Waals surface area contributed by atoms with Gasteiger partial charge < -0.3 is 15.0 Å². The largest absolute Gasteiger partial charge is 0.397 e. The number of anilines is 1. The molecule has 0 saturated carbocycles. The molecule has 0 spiro atoms. The van der Waals surface area contributed by atoms with Crippen LogP contribution in [0, 0.1) is 0 Å². The van der Waals surface area contributed by atoms with Crippen molar-refractivity contribution in [3.8, 4) is 22.5 Å². The topological polar surface area (TPSA) is 78.9 Å². The first-order valence-electron chi connectivity index (χ1n) is 8.91. The molecule has 0 bridgehead atoms. The number of ether oxygens (including phenoxy) is 1. The van der Waals surface area contributed by atoms with E-state index in [2.05, 4.69) is 16.0 Å². The first-order chi connectivity index (χ1) is 13.7. The molecule has 0 amide bonds. The summed E-state index contributed by atoms with van der Waals surface area (Å²) < 4.78 is 8.25. The number of fused-ring (bicyclic) bond motifs is 1. The zero-order valence-electron chi connectivity index (χ0n) is 15.8. The lowest BCUT2D eigenvalue weighted by Gasteiger charge is -2.09. The van der Waals surface area contributed by atoms with Gasteiger partial charge in [-0.15, -0.1) is 23.1 Å². The monoisotopic (exact) mass is 411 g/mol. The van der Waals surface area contributed by atoms with E-state index in [1.165, 1.54) is 0 Å². The van der Waals surface area contributed by atoms with Gasteiger partial charge in [-0.3, -0.25) is 4.98 Å². The maximum Gasteiger partial charge on any atom is 0.127 e. The molecule has 0 aromatic carbocycles. The first kappa shape index (κ1) is 18.9. The Bertz CT molecular complexity index is 1090. The van der Waals surface area contributed by atoms with Crippen LogP contribution in [0.1, 0.15) is 6.42 Å². The molecule has 0 saturated heterocycles. The molecule has 4 aromatic heterocycles. The summed E-state index contributed by atoms with van der Waals surface area (Å²) in [6, 6.07) is 6.02. The molecule has 8 heteroatoms. The van der Waals surface area contributed by atoms with Gasteiger partial charge >= 0.3 is 0 Å². The molecule has 0 fully saturated rings. The summed E-state index contributed by atoms with van der Waals surface area (Å²) >= 11 is 3.41. The molecule has 4 heterocycles. The Balaban J connectivity index is 1.85. The van der Waals surface area contributed by atoms with E-state index in [-0.39, 0.29) is 0 Å². The van der Waals surface area contributed by atoms with Crippen molar-refractivity contribution in [1.82, 2.24) is 19.5 Å². The number of imidazole rings is 1. The van der Waals surface area contributed by atoms with Crippen LogP contribution in [0.4, 0.5) is 5.69 Å². The van der Waals surface area contributed by atoms with E-state index in [1.54, 1.807) is 42.7 Å². The molecule has 0 unspecified atom stereocenters. The standard InChI is InChI=1S/C20H21N5OS2/c1-25-12-23-11-16(25)14-9-15(13-5-3-6-22-10-13)24-19-17(14)18(21)20(28-19)27-8-4-7-26-2/h3,5-6,9-12H,4,7-8,21H2,1-2H3. The van der Waals surface area contributed by atoms with Crippen LogP contribution in [0.2, 0.25) is 0 Å². The highest BCUT2D eigenvalue weighted by atomic mass is 32.2. The fraction of sp³-hybridized carbons (Fsp3) is 0.250. The van der Waals surface area contributed by atoms with E-state index >= 15 is 0 Å². The van der Waals surface area contributed by atoms with Crippen LogP contribution in [0.3, 0.4) is 0 Å². The Morgan fingerprint density at radius 2 is 2.18 bits per heavy atom. The van der Waals surface area contributed by atoms with Crippen LogP contribution in [-0.2, 0) is 11.8 Å². The number of thiophene rings is 1. The van der Waals surface area contributed by atoms with Crippen molar-refractivity contribution in [3.05, 3.63) is 43.1 Å². The molecule has 0 aliphatic carbocycles. The minimum Gasteiger partial charge on any atom is -0.397 e. The van der Waals surface area contributed by atoms with Crippen LogP contribution >= 0.6 is 23.1 Å². The van der Waals surface area contributed by atoms with Gasteiger partial charge in [0, 0.05) is 55.4 Å². The van der Waals surface area contributed by atoms with Crippen molar-refractivity contribution < 1.29 is 4.74 Å². The predicted octanol–water partition coefficient (Wildman–Crippen LogP) is 4.47. The van der Waals surface area contributed by atoms with E-state index < -0.39 is 0 Å². The van der Waals surface area contributed by atoms with Gasteiger partial charge in [0.05, 0.1) is 33.8 Å². The second-order valence-corrected chi connectivity index (χ2v) is 8.73. The predicted molar refractivity (Wildman–Crippen MR) is 117 cm³/mol. The number of thioether (sulfide) groups is 1. The second kappa shape index (κ2) is 8.30. The number of methoxy groups -OCH3 is 1. The smallest absolute Gasteiger partial charge is 0.127 e. The molecule has 4 rings (SSSR count). The second-order valence-electron chi connectivity index (χ2n) is 6.36. The molecule has 28 heavy (non-hydrogen) atoms. The third kappa shape index (κ3) is 3.63. The summed E-state index contributed by atoms with van der Waals surface area (Å²) in [5, 5.41) is 0.996. The summed E-state index contributed by atoms with van der Waals surface area (Å²) in [6.45, 7) is 0.751. The van der Waals surface area contributed by atoms with Crippen molar-refractivity contribution in [1.29, 1.82) is 0 Å². The van der Waals surface area contributed by atoms with E-state index in [0.717, 1.165) is 61.4 Å². The van der Waals surface area contributed by atoms with Crippen molar-refractivity contribution in [2.45, 2.75) is 10.6 Å². The number of aryl methyl sites for hydroxylation is 1. The number of hydrogen-bond acceptors (Lipinski definition) is 7. The third-order valence-corrected chi connectivity index (χ3v) is 6.91. The van der Waals surface area contributed by atoms with Gasteiger partial charge in [0.15, 0.2) is 0 Å². The molecule has 0 aliphatic rings. The molecule has 0 atom stereocenters. The SMILES string of the molecule is COCCCSc1sc2nc(-c3cccnc3)cc(-c3cncn3C)c2c1N. The number of pyridine rings is 2. The highest BCUT2D eigenvalue weighted by Gasteiger charge is 2.19. The number of rotatable bonds is 7. The van der Waals surface area contributed by atoms with Gasteiger partial charge in [0.25, 0.3) is 0 Å². The summed E-state index contributed by atoms with van der Waals surface area (Å²) in [4.78, 5) is 14.4. The normalized spacial score (nSPS) is 11.4. The Hall–Kier alpha value is -2.42. The quantitative estimate of drug-likeness (QED) is 0.357. The van der Waals surface area contributed by atoms with Gasteiger partial charge in [-0.05, 0) is 24.6 Å². The number of hydrogen-bond donors (Lipinski definition) is 1. The number of nitrogens with zero attached hydrogens (tertiary/aromatic N) is 4. The highest BCUT2D eigenvalue weighted by molar-refractivity contribution is 8.01. The van der Waals surface area contributed by atoms with Gasteiger partial charge in [-0.25, -0.2) is 9.97 Å². The number of nitrogen functional groups attached to an aromatic ring is 1. The molecular formula is C20H21N5OS2. The van der Waals surface area contributed by atoms with Crippen LogP contribution in [0.5, 0.6) is 0 Å². The van der Waals surface area contributed by atoms with Gasteiger partial charge in [0.1, 0.15) is 4.83 Å². The molecular weight excluding hydrogens is 390 g/mol. The Morgan fingerprint density at radius 3 is 2.89 bits per heavy atom. The van der Waals surface area contributed by atoms with Crippen molar-refractivity contribution in [2.24, 2.45) is 7.05 Å². The fourth-order valence-corrected chi connectivity index (χ4v) is 5.34. The lowest BCUT2D eigenvalue weighted by molar-refractivity contribution is 0.200. The lowest BCUT2D eigenvalue weighted by Crippen LogP contribution is -1.95. The minimum absolute atomic E-state index is 0.751. The molecule has 4 aromatic rings. The number of nitrogens with two attached hydrogens (primary N) is 1. The van der Waals surface area contributed by atoms with Crippen LogP contribution in [-0.4, -0.2) is 39.0 Å². The number of aromatic nitrogens is 4. The van der Waals surface area contributed by atoms with Crippen LogP contribution in [0.25, 0.3) is 32.7 Å².